The van der Waals surface area contributed by atoms with Crippen LogP contribution in [0.2, 0.25) is 0 Å². The van der Waals surface area contributed by atoms with Crippen LogP contribution >= 0.6 is 0 Å². The van der Waals surface area contributed by atoms with Crippen molar-refractivity contribution in [1.29, 1.82) is 0 Å². The highest BCUT2D eigenvalue weighted by Gasteiger charge is 2.33. The Bertz CT molecular complexity index is 601. The molecule has 1 aromatic carbocycles. The third-order valence-electron chi connectivity index (χ3n) is 5.29. The van der Waals surface area contributed by atoms with E-state index in [1.807, 2.05) is 6.92 Å². The molecule has 3 rings (SSSR count). The van der Waals surface area contributed by atoms with E-state index in [0.29, 0.717) is 6.54 Å². The quantitative estimate of drug-likeness (QED) is 0.659. The van der Waals surface area contributed by atoms with E-state index >= 15 is 0 Å². The zero-order valence-electron chi connectivity index (χ0n) is 14.4. The molecule has 7 nitrogen and oxygen atoms in total. The number of aliphatic hydroxyl groups is 1. The number of piperazine rings is 1. The number of rotatable bonds is 3. The summed E-state index contributed by atoms with van der Waals surface area (Å²) in [5, 5.41) is 21.5. The Hall–Kier alpha value is -1.70. The average Bonchev–Trinajstić information content (AvgIpc) is 2.55. The summed E-state index contributed by atoms with van der Waals surface area (Å²) in [7, 11) is 2.13. The molecule has 1 N–H and O–H groups in total. The third kappa shape index (κ3) is 3.53. The number of hydrogen-bond acceptors (Lipinski definition) is 6. The molecule has 2 heterocycles. The molecule has 2 unspecified atom stereocenters. The summed E-state index contributed by atoms with van der Waals surface area (Å²) in [5.41, 5.74) is 1.98. The molecule has 2 atom stereocenters. The van der Waals surface area contributed by atoms with Crippen LogP contribution in [0.15, 0.2) is 18.2 Å². The summed E-state index contributed by atoms with van der Waals surface area (Å²) in [5.74, 6) is 0. The second-order valence-corrected chi connectivity index (χ2v) is 6.94. The van der Waals surface area contributed by atoms with Crippen LogP contribution in [0.3, 0.4) is 0 Å². The largest absolute Gasteiger partial charge is 0.390 e. The Kier molecular flexibility index (Phi) is 5.03. The molecule has 132 valence electrons. The lowest BCUT2D eigenvalue weighted by Gasteiger charge is -2.45. The zero-order valence-corrected chi connectivity index (χ0v) is 14.4. The van der Waals surface area contributed by atoms with Crippen molar-refractivity contribution in [2.75, 3.05) is 51.2 Å². The van der Waals surface area contributed by atoms with Gasteiger partial charge < -0.3 is 14.9 Å². The van der Waals surface area contributed by atoms with Crippen molar-refractivity contribution in [3.63, 3.8) is 0 Å². The first-order chi connectivity index (χ1) is 11.5. The number of aryl methyl sites for hydroxylation is 1. The van der Waals surface area contributed by atoms with Gasteiger partial charge in [0.1, 0.15) is 0 Å². The highest BCUT2D eigenvalue weighted by atomic mass is 16.6. The van der Waals surface area contributed by atoms with Crippen molar-refractivity contribution in [3.05, 3.63) is 33.9 Å². The van der Waals surface area contributed by atoms with Gasteiger partial charge in [-0.15, -0.1) is 0 Å². The van der Waals surface area contributed by atoms with Crippen LogP contribution in [0.1, 0.15) is 12.0 Å². The molecule has 24 heavy (non-hydrogen) atoms. The molecule has 1 aromatic rings. The fourth-order valence-corrected chi connectivity index (χ4v) is 3.83. The molecule has 2 aliphatic heterocycles. The number of piperidine rings is 1. The van der Waals surface area contributed by atoms with E-state index in [1.165, 1.54) is 0 Å². The average molecular weight is 334 g/mol. The maximum absolute atomic E-state index is 10.9. The standard InChI is InChI=1S/C17H26N4O3/c1-13-11-14(21(23)24)3-4-15(13)20-6-5-16(17(22)12-20)19-9-7-18(2)8-10-19/h3-4,11,16-17,22H,5-10,12H2,1-2H3. The highest BCUT2D eigenvalue weighted by molar-refractivity contribution is 5.57. The first kappa shape index (κ1) is 17.1. The maximum atomic E-state index is 10.9. The van der Waals surface area contributed by atoms with Crippen LogP contribution in [0.25, 0.3) is 0 Å². The topological polar surface area (TPSA) is 73.1 Å². The van der Waals surface area contributed by atoms with Crippen LogP contribution in [0.4, 0.5) is 11.4 Å². The normalized spacial score (nSPS) is 26.5. The van der Waals surface area contributed by atoms with Gasteiger partial charge in [-0.05, 0) is 32.0 Å². The van der Waals surface area contributed by atoms with E-state index in [4.69, 9.17) is 0 Å². The predicted octanol–water partition coefficient (Wildman–Crippen LogP) is 1.09. The molecule has 2 saturated heterocycles. The molecule has 0 radical (unpaired) electrons. The number of nitrogens with zero attached hydrogens (tertiary/aromatic N) is 4. The molecule has 7 heteroatoms. The van der Waals surface area contributed by atoms with Crippen molar-refractivity contribution in [3.8, 4) is 0 Å². The molecule has 0 aromatic heterocycles. The summed E-state index contributed by atoms with van der Waals surface area (Å²) < 4.78 is 0. The lowest BCUT2D eigenvalue weighted by molar-refractivity contribution is -0.384. The molecule has 0 aliphatic carbocycles. The first-order valence-electron chi connectivity index (χ1n) is 8.56. The van der Waals surface area contributed by atoms with E-state index in [2.05, 4.69) is 21.7 Å². The lowest BCUT2D eigenvalue weighted by atomic mass is 9.98. The second-order valence-electron chi connectivity index (χ2n) is 6.94. The summed E-state index contributed by atoms with van der Waals surface area (Å²) >= 11 is 0. The maximum Gasteiger partial charge on any atom is 0.269 e. The third-order valence-corrected chi connectivity index (χ3v) is 5.29. The Labute approximate surface area is 142 Å². The van der Waals surface area contributed by atoms with Gasteiger partial charge in [0.2, 0.25) is 0 Å². The summed E-state index contributed by atoms with van der Waals surface area (Å²) in [6.07, 6.45) is 0.526. The van der Waals surface area contributed by atoms with Gasteiger partial charge in [-0.2, -0.15) is 0 Å². The number of β-amino-alcohol motifs (C(OH)–C–C–N with tert-alkyl or cyclic N) is 1. The van der Waals surface area contributed by atoms with Crippen LogP contribution in [0.5, 0.6) is 0 Å². The van der Waals surface area contributed by atoms with Gasteiger partial charge in [-0.25, -0.2) is 0 Å². The molecule has 0 spiro atoms. The molecule has 0 saturated carbocycles. The number of aliphatic hydroxyl groups excluding tert-OH is 1. The smallest absolute Gasteiger partial charge is 0.269 e. The molecular weight excluding hydrogens is 308 g/mol. The number of likely N-dealkylation sites (N-methyl/N-ethyl adjacent to an activating group) is 1. The second kappa shape index (κ2) is 7.04. The van der Waals surface area contributed by atoms with E-state index in [1.54, 1.807) is 18.2 Å². The van der Waals surface area contributed by atoms with Crippen LogP contribution in [-0.4, -0.2) is 78.3 Å². The van der Waals surface area contributed by atoms with Gasteiger partial charge in [0, 0.05) is 63.1 Å². The highest BCUT2D eigenvalue weighted by Crippen LogP contribution is 2.28. The van der Waals surface area contributed by atoms with Crippen LogP contribution in [-0.2, 0) is 0 Å². The Morgan fingerprint density at radius 2 is 1.92 bits per heavy atom. The number of anilines is 1. The van der Waals surface area contributed by atoms with Crippen molar-refractivity contribution in [2.24, 2.45) is 0 Å². The van der Waals surface area contributed by atoms with Gasteiger partial charge in [-0.3, -0.25) is 15.0 Å². The zero-order chi connectivity index (χ0) is 17.3. The van der Waals surface area contributed by atoms with E-state index in [0.717, 1.165) is 50.4 Å². The fraction of sp³-hybridized carbons (Fsp3) is 0.647. The van der Waals surface area contributed by atoms with Gasteiger partial charge in [0.15, 0.2) is 0 Å². The van der Waals surface area contributed by atoms with E-state index in [9.17, 15) is 15.2 Å². The van der Waals surface area contributed by atoms with E-state index in [-0.39, 0.29) is 16.7 Å². The Balaban J connectivity index is 1.66. The van der Waals surface area contributed by atoms with Crippen molar-refractivity contribution >= 4 is 11.4 Å². The first-order valence-corrected chi connectivity index (χ1v) is 8.56. The Morgan fingerprint density at radius 3 is 2.50 bits per heavy atom. The summed E-state index contributed by atoms with van der Waals surface area (Å²) in [6.45, 7) is 7.45. The minimum atomic E-state index is -0.392. The van der Waals surface area contributed by atoms with E-state index < -0.39 is 6.10 Å². The van der Waals surface area contributed by atoms with Crippen LogP contribution < -0.4 is 4.90 Å². The minimum absolute atomic E-state index is 0.115. The number of non-ortho nitro benzene ring substituents is 1. The van der Waals surface area contributed by atoms with Crippen LogP contribution in [0, 0.1) is 17.0 Å². The van der Waals surface area contributed by atoms with Gasteiger partial charge in [0.05, 0.1) is 11.0 Å². The Morgan fingerprint density at radius 1 is 1.21 bits per heavy atom. The van der Waals surface area contributed by atoms with Gasteiger partial charge >= 0.3 is 0 Å². The number of benzene rings is 1. The van der Waals surface area contributed by atoms with Crippen molar-refractivity contribution in [1.82, 2.24) is 9.80 Å². The fourth-order valence-electron chi connectivity index (χ4n) is 3.83. The molecule has 2 aliphatic rings. The molecule has 0 amide bonds. The predicted molar refractivity (Wildman–Crippen MR) is 93.5 cm³/mol. The minimum Gasteiger partial charge on any atom is -0.390 e. The van der Waals surface area contributed by atoms with Gasteiger partial charge in [0.25, 0.3) is 5.69 Å². The molecule has 2 fully saturated rings. The number of hydrogen-bond donors (Lipinski definition) is 1. The van der Waals surface area contributed by atoms with Crippen molar-refractivity contribution in [2.45, 2.75) is 25.5 Å². The monoisotopic (exact) mass is 334 g/mol. The lowest BCUT2D eigenvalue weighted by Crippen LogP contribution is -2.58. The number of nitro groups is 1. The SMILES string of the molecule is Cc1cc([N+](=O)[O-])ccc1N1CCC(N2CCN(C)CC2)C(O)C1. The summed E-state index contributed by atoms with van der Waals surface area (Å²) in [6, 6.07) is 5.17. The van der Waals surface area contributed by atoms with Gasteiger partial charge in [-0.1, -0.05) is 0 Å². The van der Waals surface area contributed by atoms with Crippen molar-refractivity contribution < 1.29 is 10.0 Å². The molecular formula is C17H26N4O3. The number of nitro benzene ring substituents is 1. The molecule has 0 bridgehead atoms. The summed E-state index contributed by atoms with van der Waals surface area (Å²) in [4.78, 5) is 17.4.